The minimum atomic E-state index is 1.27. The van der Waals surface area contributed by atoms with Gasteiger partial charge in [-0.05, 0) is 35.4 Å². The molecule has 0 aliphatic carbocycles. The molecule has 0 amide bonds. The molecule has 0 aliphatic rings. The molecule has 0 atom stereocenters. The van der Waals surface area contributed by atoms with Gasteiger partial charge in [0.15, 0.2) is 0 Å². The van der Waals surface area contributed by atoms with Crippen LogP contribution in [-0.4, -0.2) is 4.57 Å². The van der Waals surface area contributed by atoms with Gasteiger partial charge in [-0.15, -0.1) is 11.3 Å². The van der Waals surface area contributed by atoms with E-state index in [4.69, 9.17) is 0 Å². The molecule has 0 aliphatic heterocycles. The largest absolute Gasteiger partial charge is 0.343 e. The Hall–Kier alpha value is -3.10. The third-order valence-corrected chi connectivity index (χ3v) is 6.74. The van der Waals surface area contributed by atoms with Gasteiger partial charge in [0, 0.05) is 43.5 Å². The molecule has 128 valence electrons. The summed E-state index contributed by atoms with van der Waals surface area (Å²) in [7, 11) is 2.19. The Labute approximate surface area is 161 Å². The lowest BCUT2D eigenvalue weighted by Crippen LogP contribution is -1.87. The predicted molar refractivity (Wildman–Crippen MR) is 119 cm³/mol. The van der Waals surface area contributed by atoms with Gasteiger partial charge in [-0.2, -0.15) is 0 Å². The fourth-order valence-electron chi connectivity index (χ4n) is 4.34. The van der Waals surface area contributed by atoms with Crippen LogP contribution in [0.2, 0.25) is 0 Å². The van der Waals surface area contributed by atoms with Gasteiger partial charge in [0.25, 0.3) is 0 Å². The van der Waals surface area contributed by atoms with Crippen LogP contribution in [0.5, 0.6) is 0 Å². The van der Waals surface area contributed by atoms with Crippen molar-refractivity contribution in [2.24, 2.45) is 7.05 Å². The van der Waals surface area contributed by atoms with Gasteiger partial charge in [0.05, 0.1) is 5.52 Å². The van der Waals surface area contributed by atoms with Crippen LogP contribution in [0.1, 0.15) is 0 Å². The van der Waals surface area contributed by atoms with Gasteiger partial charge in [0.1, 0.15) is 0 Å². The van der Waals surface area contributed by atoms with Gasteiger partial charge in [0.2, 0.25) is 0 Å². The second-order valence-corrected chi connectivity index (χ2v) is 8.17. The van der Waals surface area contributed by atoms with Crippen LogP contribution in [0, 0.1) is 0 Å². The average molecular weight is 363 g/mol. The second kappa shape index (κ2) is 5.45. The van der Waals surface area contributed by atoms with Crippen LogP contribution in [0.25, 0.3) is 53.1 Å². The fourth-order valence-corrected chi connectivity index (χ4v) is 5.43. The second-order valence-electron chi connectivity index (χ2n) is 7.09. The van der Waals surface area contributed by atoms with Crippen molar-refractivity contribution >= 4 is 53.3 Å². The third-order valence-electron chi connectivity index (χ3n) is 5.61. The summed E-state index contributed by atoms with van der Waals surface area (Å²) in [5.41, 5.74) is 5.17. The first-order chi connectivity index (χ1) is 13.3. The molecule has 0 saturated carbocycles. The van der Waals surface area contributed by atoms with Gasteiger partial charge >= 0.3 is 0 Å². The maximum atomic E-state index is 2.36. The molecule has 27 heavy (non-hydrogen) atoms. The first-order valence-corrected chi connectivity index (χ1v) is 10.0. The lowest BCUT2D eigenvalue weighted by molar-refractivity contribution is 1.02. The van der Waals surface area contributed by atoms with E-state index in [2.05, 4.69) is 96.5 Å². The Kier molecular flexibility index (Phi) is 3.03. The zero-order valence-corrected chi connectivity index (χ0v) is 15.8. The van der Waals surface area contributed by atoms with Crippen LogP contribution in [0.3, 0.4) is 0 Å². The van der Waals surface area contributed by atoms with Crippen molar-refractivity contribution in [3.63, 3.8) is 0 Å². The predicted octanol–water partition coefficient (Wildman–Crippen LogP) is 7.37. The molecule has 0 unspecified atom stereocenters. The van der Waals surface area contributed by atoms with E-state index in [1.54, 1.807) is 0 Å². The first kappa shape index (κ1) is 15.0. The zero-order chi connectivity index (χ0) is 18.0. The molecular formula is C25H17NS. The smallest absolute Gasteiger partial charge is 0.0583 e. The fraction of sp³-hybridized carbons (Fsp3) is 0.0400. The van der Waals surface area contributed by atoms with Gasteiger partial charge in [-0.25, -0.2) is 0 Å². The number of hydrogen-bond acceptors (Lipinski definition) is 1. The SMILES string of the molecule is Cn1c2ccccc2c2ccc3sc4ccc(-c5ccccc5)cc4c3c21. The maximum Gasteiger partial charge on any atom is 0.0583 e. The standard InChI is InChI=1S/C25H17NS/c1-26-21-10-6-5-9-18(21)19-12-14-23-24(25(19)26)20-15-17(11-13-22(20)27-23)16-7-3-2-4-8-16/h2-15H,1H3. The van der Waals surface area contributed by atoms with Crippen molar-refractivity contribution in [3.8, 4) is 11.1 Å². The number of aryl methyl sites for hydroxylation is 1. The molecule has 6 aromatic rings. The molecule has 0 radical (unpaired) electrons. The van der Waals surface area contributed by atoms with Crippen LogP contribution in [0.4, 0.5) is 0 Å². The van der Waals surface area contributed by atoms with Crippen LogP contribution in [0.15, 0.2) is 84.9 Å². The highest BCUT2D eigenvalue weighted by atomic mass is 32.1. The number of benzene rings is 4. The van der Waals surface area contributed by atoms with E-state index in [0.717, 1.165) is 0 Å². The van der Waals surface area contributed by atoms with E-state index in [1.165, 1.54) is 53.1 Å². The summed E-state index contributed by atoms with van der Waals surface area (Å²) < 4.78 is 5.06. The maximum absolute atomic E-state index is 2.36. The number of thiophene rings is 1. The molecule has 2 heteroatoms. The molecule has 2 aromatic heterocycles. The van der Waals surface area contributed by atoms with Crippen LogP contribution < -0.4 is 0 Å². The van der Waals surface area contributed by atoms with Gasteiger partial charge in [-0.3, -0.25) is 0 Å². The molecule has 2 heterocycles. The summed E-state index contributed by atoms with van der Waals surface area (Å²) in [4.78, 5) is 0. The summed E-state index contributed by atoms with van der Waals surface area (Å²) >= 11 is 1.89. The Morgan fingerprint density at radius 3 is 2.30 bits per heavy atom. The van der Waals surface area contributed by atoms with Crippen LogP contribution in [-0.2, 0) is 7.05 Å². The number of aromatic nitrogens is 1. The molecule has 0 saturated heterocycles. The van der Waals surface area contributed by atoms with Crippen molar-refractivity contribution in [2.45, 2.75) is 0 Å². The molecule has 0 bridgehead atoms. The number of para-hydroxylation sites is 1. The highest BCUT2D eigenvalue weighted by Gasteiger charge is 2.15. The monoisotopic (exact) mass is 363 g/mol. The molecule has 0 spiro atoms. The molecule has 4 aromatic carbocycles. The first-order valence-electron chi connectivity index (χ1n) is 9.19. The van der Waals surface area contributed by atoms with Crippen molar-refractivity contribution in [1.29, 1.82) is 0 Å². The summed E-state index contributed by atoms with van der Waals surface area (Å²) in [6.07, 6.45) is 0. The zero-order valence-electron chi connectivity index (χ0n) is 14.9. The van der Waals surface area contributed by atoms with Crippen molar-refractivity contribution in [3.05, 3.63) is 84.9 Å². The molecule has 1 nitrogen and oxygen atoms in total. The van der Waals surface area contributed by atoms with E-state index < -0.39 is 0 Å². The van der Waals surface area contributed by atoms with E-state index in [9.17, 15) is 0 Å². The molecule has 0 fully saturated rings. The molecule has 6 rings (SSSR count). The van der Waals surface area contributed by atoms with E-state index in [0.29, 0.717) is 0 Å². The highest BCUT2D eigenvalue weighted by Crippen LogP contribution is 2.42. The lowest BCUT2D eigenvalue weighted by atomic mass is 10.0. The third kappa shape index (κ3) is 2.05. The molecular weight excluding hydrogens is 346 g/mol. The number of nitrogens with zero attached hydrogens (tertiary/aromatic N) is 1. The lowest BCUT2D eigenvalue weighted by Gasteiger charge is -2.04. The van der Waals surface area contributed by atoms with E-state index in [1.807, 2.05) is 11.3 Å². The highest BCUT2D eigenvalue weighted by molar-refractivity contribution is 7.26. The van der Waals surface area contributed by atoms with Gasteiger partial charge in [-0.1, -0.05) is 60.7 Å². The Bertz CT molecular complexity index is 1470. The summed E-state index contributed by atoms with van der Waals surface area (Å²) in [6.45, 7) is 0. The minimum absolute atomic E-state index is 1.27. The number of rotatable bonds is 1. The summed E-state index contributed by atoms with van der Waals surface area (Å²) in [5, 5.41) is 5.40. The minimum Gasteiger partial charge on any atom is -0.343 e. The Balaban J connectivity index is 1.79. The normalized spacial score (nSPS) is 11.9. The Morgan fingerprint density at radius 2 is 1.41 bits per heavy atom. The van der Waals surface area contributed by atoms with E-state index in [-0.39, 0.29) is 0 Å². The van der Waals surface area contributed by atoms with Gasteiger partial charge < -0.3 is 4.57 Å². The summed E-state index contributed by atoms with van der Waals surface area (Å²) in [5.74, 6) is 0. The Morgan fingerprint density at radius 1 is 0.630 bits per heavy atom. The average Bonchev–Trinajstić information content (AvgIpc) is 3.24. The molecule has 0 N–H and O–H groups in total. The van der Waals surface area contributed by atoms with Crippen molar-refractivity contribution < 1.29 is 0 Å². The van der Waals surface area contributed by atoms with Crippen molar-refractivity contribution in [2.75, 3.05) is 0 Å². The van der Waals surface area contributed by atoms with Crippen LogP contribution >= 0.6 is 11.3 Å². The van der Waals surface area contributed by atoms with Crippen molar-refractivity contribution in [1.82, 2.24) is 4.57 Å². The number of hydrogen-bond donors (Lipinski definition) is 0. The van der Waals surface area contributed by atoms with E-state index >= 15 is 0 Å². The summed E-state index contributed by atoms with van der Waals surface area (Å²) in [6, 6.07) is 30.8. The topological polar surface area (TPSA) is 4.93 Å². The number of fused-ring (bicyclic) bond motifs is 7. The quantitative estimate of drug-likeness (QED) is 0.287.